The lowest BCUT2D eigenvalue weighted by Crippen LogP contribution is -3.28. The second-order valence-electron chi connectivity index (χ2n) is 7.08. The first-order valence-electron chi connectivity index (χ1n) is 8.46. The largest absolute Gasteiger partial charge is 0.333 e. The van der Waals surface area contributed by atoms with E-state index in [4.69, 9.17) is 11.6 Å². The zero-order valence-electron chi connectivity index (χ0n) is 14.6. The van der Waals surface area contributed by atoms with Crippen molar-refractivity contribution in [2.24, 2.45) is 5.92 Å². The molecule has 0 unspecified atom stereocenters. The Labute approximate surface area is 153 Å². The monoisotopic (exact) mass is 370 g/mol. The number of hydrogen-bond donors (Lipinski definition) is 3. The molecular weight excluding hydrogens is 344 g/mol. The van der Waals surface area contributed by atoms with Crippen LogP contribution < -0.4 is 15.1 Å². The van der Waals surface area contributed by atoms with Gasteiger partial charge in [-0.25, -0.2) is 0 Å². The van der Waals surface area contributed by atoms with Crippen molar-refractivity contribution in [1.29, 1.82) is 5.26 Å². The average molecular weight is 371 g/mol. The van der Waals surface area contributed by atoms with Crippen molar-refractivity contribution in [3.63, 3.8) is 0 Å². The van der Waals surface area contributed by atoms with Crippen LogP contribution in [-0.2, 0) is 11.3 Å². The van der Waals surface area contributed by atoms with Gasteiger partial charge in [-0.05, 0) is 25.0 Å². The molecule has 0 radical (unpaired) electrons. The number of rotatable bonds is 6. The number of quaternary nitrogens is 2. The predicted octanol–water partition coefficient (Wildman–Crippen LogP) is -0.261. The molecule has 24 heavy (non-hydrogen) atoms. The first-order valence-corrected chi connectivity index (χ1v) is 9.65. The molecule has 1 aromatic heterocycles. The standard InChI is InChI=1S/C17H25ClN4OS/c1-13(2)17(3,12-19)20-16(23)11-22-8-6-21(7-9-22)10-14-4-5-15(18)24-14/h4-5,13H,6-11H2,1-3H3,(H,20,23)/p+2/t17-/m0/s1. The van der Waals surface area contributed by atoms with Crippen LogP contribution >= 0.6 is 22.9 Å². The van der Waals surface area contributed by atoms with Crippen molar-refractivity contribution < 1.29 is 14.6 Å². The highest BCUT2D eigenvalue weighted by atomic mass is 35.5. The molecule has 0 aliphatic carbocycles. The van der Waals surface area contributed by atoms with Gasteiger partial charge in [-0.1, -0.05) is 25.4 Å². The number of nitrogens with one attached hydrogen (secondary N) is 3. The fourth-order valence-corrected chi connectivity index (χ4v) is 4.03. The SMILES string of the molecule is CC(C)[C@](C)(C#N)NC(=O)C[NH+]1CC[NH+](Cc2ccc(Cl)s2)CC1. The van der Waals surface area contributed by atoms with Crippen LogP contribution in [0.2, 0.25) is 4.34 Å². The molecule has 5 nitrogen and oxygen atoms in total. The maximum atomic E-state index is 12.3. The third-order valence-electron chi connectivity index (χ3n) is 4.91. The van der Waals surface area contributed by atoms with Gasteiger partial charge in [0.1, 0.15) is 38.3 Å². The second-order valence-corrected chi connectivity index (χ2v) is 8.88. The van der Waals surface area contributed by atoms with Gasteiger partial charge < -0.3 is 15.1 Å². The van der Waals surface area contributed by atoms with Crippen molar-refractivity contribution in [3.8, 4) is 6.07 Å². The zero-order valence-corrected chi connectivity index (χ0v) is 16.2. The highest BCUT2D eigenvalue weighted by Gasteiger charge is 2.32. The normalized spacial score (nSPS) is 23.5. The van der Waals surface area contributed by atoms with Gasteiger partial charge >= 0.3 is 0 Å². The van der Waals surface area contributed by atoms with E-state index in [-0.39, 0.29) is 11.8 Å². The van der Waals surface area contributed by atoms with Crippen LogP contribution in [0.3, 0.4) is 0 Å². The molecule has 0 saturated carbocycles. The fraction of sp³-hybridized carbons (Fsp3) is 0.647. The van der Waals surface area contributed by atoms with Crippen LogP contribution in [0.25, 0.3) is 0 Å². The van der Waals surface area contributed by atoms with Crippen LogP contribution in [0.5, 0.6) is 0 Å². The van der Waals surface area contributed by atoms with Gasteiger partial charge in [0.25, 0.3) is 5.91 Å². The Bertz CT molecular complexity index is 604. The van der Waals surface area contributed by atoms with E-state index in [9.17, 15) is 10.1 Å². The molecule has 2 heterocycles. The summed E-state index contributed by atoms with van der Waals surface area (Å²) >= 11 is 7.63. The van der Waals surface area contributed by atoms with Gasteiger partial charge in [0.05, 0.1) is 15.3 Å². The van der Waals surface area contributed by atoms with E-state index in [0.29, 0.717) is 6.54 Å². The fourth-order valence-electron chi connectivity index (χ4n) is 2.87. The van der Waals surface area contributed by atoms with Crippen LogP contribution in [0.1, 0.15) is 25.6 Å². The second kappa shape index (κ2) is 8.30. The number of nitrogens with zero attached hydrogens (tertiary/aromatic N) is 1. The number of carbonyl (C=O) groups excluding carboxylic acids is 1. The van der Waals surface area contributed by atoms with E-state index in [1.807, 2.05) is 19.9 Å². The summed E-state index contributed by atoms with van der Waals surface area (Å²) in [6.45, 7) is 11.2. The number of thiophene rings is 1. The molecule has 2 rings (SSSR count). The summed E-state index contributed by atoms with van der Waals surface area (Å²) in [5.41, 5.74) is -0.790. The van der Waals surface area contributed by atoms with Crippen molar-refractivity contribution in [2.45, 2.75) is 32.9 Å². The lowest BCUT2D eigenvalue weighted by molar-refractivity contribution is -1.01. The highest BCUT2D eigenvalue weighted by molar-refractivity contribution is 7.16. The first-order chi connectivity index (χ1) is 11.3. The van der Waals surface area contributed by atoms with Crippen molar-refractivity contribution >= 4 is 28.8 Å². The molecule has 7 heteroatoms. The number of halogens is 1. The van der Waals surface area contributed by atoms with Gasteiger partial charge in [0, 0.05) is 0 Å². The minimum Gasteiger partial charge on any atom is -0.333 e. The maximum absolute atomic E-state index is 12.3. The van der Waals surface area contributed by atoms with Gasteiger partial charge in [-0.15, -0.1) is 11.3 Å². The molecule has 1 amide bonds. The van der Waals surface area contributed by atoms with Gasteiger partial charge in [-0.3, -0.25) is 4.79 Å². The van der Waals surface area contributed by atoms with E-state index < -0.39 is 5.54 Å². The zero-order chi connectivity index (χ0) is 17.7. The van der Waals surface area contributed by atoms with Gasteiger partial charge in [0.2, 0.25) is 0 Å². The molecule has 1 atom stereocenters. The average Bonchev–Trinajstić information content (AvgIpc) is 2.94. The molecule has 1 fully saturated rings. The minimum atomic E-state index is -0.790. The lowest BCUT2D eigenvalue weighted by Gasteiger charge is -2.31. The number of hydrogen-bond acceptors (Lipinski definition) is 3. The Morgan fingerprint density at radius 3 is 2.50 bits per heavy atom. The summed E-state index contributed by atoms with van der Waals surface area (Å²) in [4.78, 5) is 16.4. The van der Waals surface area contributed by atoms with E-state index >= 15 is 0 Å². The topological polar surface area (TPSA) is 61.8 Å². The number of carbonyl (C=O) groups is 1. The van der Waals surface area contributed by atoms with E-state index in [1.54, 1.807) is 23.2 Å². The molecule has 1 aliphatic rings. The Kier molecular flexibility index (Phi) is 6.64. The Hall–Kier alpha value is -1.13. The predicted molar refractivity (Wildman–Crippen MR) is 96.3 cm³/mol. The summed E-state index contributed by atoms with van der Waals surface area (Å²) in [6, 6.07) is 6.28. The van der Waals surface area contributed by atoms with E-state index in [1.165, 1.54) is 9.78 Å². The smallest absolute Gasteiger partial charge is 0.276 e. The molecule has 1 aromatic rings. The number of amides is 1. The Balaban J connectivity index is 1.76. The third kappa shape index (κ3) is 5.18. The molecule has 0 spiro atoms. The van der Waals surface area contributed by atoms with Gasteiger partial charge in [-0.2, -0.15) is 5.26 Å². The van der Waals surface area contributed by atoms with Gasteiger partial charge in [0.15, 0.2) is 6.54 Å². The quantitative estimate of drug-likeness (QED) is 0.646. The first kappa shape index (κ1) is 19.2. The van der Waals surface area contributed by atoms with Crippen LogP contribution in [0.4, 0.5) is 0 Å². The van der Waals surface area contributed by atoms with Crippen LogP contribution in [0.15, 0.2) is 12.1 Å². The molecule has 132 valence electrons. The van der Waals surface area contributed by atoms with Crippen molar-refractivity contribution in [2.75, 3.05) is 32.7 Å². The summed E-state index contributed by atoms with van der Waals surface area (Å²) in [5.74, 6) is 0.0524. The van der Waals surface area contributed by atoms with Crippen LogP contribution in [-0.4, -0.2) is 44.2 Å². The van der Waals surface area contributed by atoms with E-state index in [2.05, 4.69) is 17.5 Å². The van der Waals surface area contributed by atoms with Crippen molar-refractivity contribution in [3.05, 3.63) is 21.3 Å². The van der Waals surface area contributed by atoms with Crippen molar-refractivity contribution in [1.82, 2.24) is 5.32 Å². The van der Waals surface area contributed by atoms with E-state index in [0.717, 1.165) is 37.1 Å². The number of nitriles is 1. The summed E-state index contributed by atoms with van der Waals surface area (Å²) in [6.07, 6.45) is 0. The summed E-state index contributed by atoms with van der Waals surface area (Å²) < 4.78 is 0.844. The highest BCUT2D eigenvalue weighted by Crippen LogP contribution is 2.20. The summed E-state index contributed by atoms with van der Waals surface area (Å²) in [7, 11) is 0. The summed E-state index contributed by atoms with van der Waals surface area (Å²) in [5, 5.41) is 12.2. The minimum absolute atomic E-state index is 0.0313. The molecule has 1 saturated heterocycles. The molecule has 1 aliphatic heterocycles. The lowest BCUT2D eigenvalue weighted by atomic mass is 9.90. The van der Waals surface area contributed by atoms with Crippen LogP contribution in [0, 0.1) is 17.2 Å². The molecule has 3 N–H and O–H groups in total. The maximum Gasteiger partial charge on any atom is 0.276 e. The number of piperazine rings is 1. The molecular formula is C17H27ClN4OS+2. The third-order valence-corrected chi connectivity index (χ3v) is 6.15. The molecule has 0 bridgehead atoms. The molecule has 0 aromatic carbocycles. The Morgan fingerprint density at radius 2 is 2.00 bits per heavy atom. The Morgan fingerprint density at radius 1 is 1.38 bits per heavy atom.